The van der Waals surface area contributed by atoms with Crippen molar-refractivity contribution in [1.82, 2.24) is 15.1 Å². The van der Waals surface area contributed by atoms with E-state index in [9.17, 15) is 14.4 Å². The zero-order valence-corrected chi connectivity index (χ0v) is 16.7. The maximum atomic E-state index is 13.7. The summed E-state index contributed by atoms with van der Waals surface area (Å²) in [5.74, 6) is -0.867. The van der Waals surface area contributed by atoms with E-state index in [0.717, 1.165) is 32.4 Å². The van der Waals surface area contributed by atoms with Crippen LogP contribution in [-0.2, 0) is 19.1 Å². The molecule has 1 aliphatic carbocycles. The van der Waals surface area contributed by atoms with E-state index in [1.54, 1.807) is 14.0 Å². The van der Waals surface area contributed by atoms with Gasteiger partial charge in [0.1, 0.15) is 6.61 Å². The standard InChI is InChI=1S/C20H26N4O5/c1-10-14(23-6-4-3-5-7-23)17(26)13-11(9-29-19(21)27)20(28-2)18-12(22-18)8-24(20)15(13)16(10)25/h11-12,18,22H,3-9H2,1-2H3,(H2,21,27)/t11-,12?,18?,20-/m1/s1. The molecule has 4 heterocycles. The smallest absolute Gasteiger partial charge is 0.404 e. The van der Waals surface area contributed by atoms with Crippen molar-refractivity contribution in [2.75, 3.05) is 33.4 Å². The minimum Gasteiger partial charge on any atom is -0.449 e. The summed E-state index contributed by atoms with van der Waals surface area (Å²) in [5.41, 5.74) is 6.08. The summed E-state index contributed by atoms with van der Waals surface area (Å²) in [6, 6.07) is 0.162. The van der Waals surface area contributed by atoms with Gasteiger partial charge >= 0.3 is 6.09 Å². The molecule has 3 N–H and O–H groups in total. The molecule has 0 aromatic heterocycles. The van der Waals surface area contributed by atoms with Crippen molar-refractivity contribution < 1.29 is 23.9 Å². The van der Waals surface area contributed by atoms with E-state index in [1.165, 1.54) is 0 Å². The Hall–Kier alpha value is -2.39. The van der Waals surface area contributed by atoms with Gasteiger partial charge in [0.05, 0.1) is 23.4 Å². The lowest BCUT2D eigenvalue weighted by Gasteiger charge is -2.39. The second-order valence-corrected chi connectivity index (χ2v) is 8.44. The molecule has 1 amide bonds. The number of carbonyl (C=O) groups is 3. The van der Waals surface area contributed by atoms with E-state index in [0.29, 0.717) is 29.1 Å². The zero-order valence-electron chi connectivity index (χ0n) is 16.7. The average Bonchev–Trinajstić information content (AvgIpc) is 3.32. The highest BCUT2D eigenvalue weighted by atomic mass is 16.6. The first-order valence-electron chi connectivity index (χ1n) is 10.2. The van der Waals surface area contributed by atoms with Crippen molar-refractivity contribution in [2.24, 2.45) is 11.7 Å². The molecule has 3 saturated heterocycles. The molecular weight excluding hydrogens is 376 g/mol. The monoisotopic (exact) mass is 402 g/mol. The number of fused-ring (bicyclic) bond motifs is 4. The Morgan fingerprint density at radius 2 is 1.93 bits per heavy atom. The molecule has 0 aromatic carbocycles. The van der Waals surface area contributed by atoms with Crippen LogP contribution in [0.25, 0.3) is 0 Å². The van der Waals surface area contributed by atoms with Gasteiger partial charge in [-0.3, -0.25) is 9.59 Å². The summed E-state index contributed by atoms with van der Waals surface area (Å²) in [4.78, 5) is 42.5. The summed E-state index contributed by atoms with van der Waals surface area (Å²) >= 11 is 0. The van der Waals surface area contributed by atoms with Crippen molar-refractivity contribution >= 4 is 17.7 Å². The molecule has 156 valence electrons. The highest BCUT2D eigenvalue weighted by molar-refractivity contribution is 6.25. The maximum absolute atomic E-state index is 13.7. The molecule has 4 atom stereocenters. The highest BCUT2D eigenvalue weighted by Gasteiger charge is 2.72. The SMILES string of the molecule is CO[C@]12C3NC3CN1C1=C(C(=O)C(N3CCCCC3)=C(C)C1=O)[C@H]2COC(N)=O. The second kappa shape index (κ2) is 6.30. The number of likely N-dealkylation sites (tertiary alicyclic amines) is 1. The average molecular weight is 402 g/mol. The topological polar surface area (TPSA) is 124 Å². The minimum atomic E-state index is -0.923. The molecule has 29 heavy (non-hydrogen) atoms. The Kier molecular flexibility index (Phi) is 4.05. The van der Waals surface area contributed by atoms with Crippen LogP contribution in [0.3, 0.4) is 0 Å². The van der Waals surface area contributed by atoms with Crippen LogP contribution in [0.2, 0.25) is 0 Å². The number of primary amides is 1. The number of nitrogens with one attached hydrogen (secondary N) is 1. The quantitative estimate of drug-likeness (QED) is 0.493. The first kappa shape index (κ1) is 18.6. The van der Waals surface area contributed by atoms with Crippen LogP contribution in [0, 0.1) is 5.92 Å². The van der Waals surface area contributed by atoms with Crippen molar-refractivity contribution in [3.8, 4) is 0 Å². The van der Waals surface area contributed by atoms with Gasteiger partial charge in [-0.15, -0.1) is 0 Å². The molecule has 2 unspecified atom stereocenters. The number of piperidine rings is 1. The summed E-state index contributed by atoms with van der Waals surface area (Å²) < 4.78 is 11.1. The number of ketones is 2. The fourth-order valence-electron chi connectivity index (χ4n) is 5.78. The van der Waals surface area contributed by atoms with Gasteiger partial charge in [0.15, 0.2) is 5.72 Å². The molecule has 9 nitrogen and oxygen atoms in total. The number of rotatable bonds is 4. The molecule has 3 fully saturated rings. The third-order valence-electron chi connectivity index (χ3n) is 7.07. The van der Waals surface area contributed by atoms with E-state index in [4.69, 9.17) is 15.2 Å². The van der Waals surface area contributed by atoms with Gasteiger partial charge in [0.25, 0.3) is 0 Å². The van der Waals surface area contributed by atoms with Gasteiger partial charge < -0.3 is 30.3 Å². The summed E-state index contributed by atoms with van der Waals surface area (Å²) in [6.07, 6.45) is 2.22. The Balaban J connectivity index is 1.59. The number of nitrogens with zero attached hydrogens (tertiary/aromatic N) is 2. The molecule has 0 bridgehead atoms. The first-order chi connectivity index (χ1) is 13.9. The zero-order chi connectivity index (χ0) is 20.5. The van der Waals surface area contributed by atoms with Gasteiger partial charge in [-0.05, 0) is 26.2 Å². The van der Waals surface area contributed by atoms with Crippen molar-refractivity contribution in [3.63, 3.8) is 0 Å². The molecule has 0 saturated carbocycles. The lowest BCUT2D eigenvalue weighted by Crippen LogP contribution is -2.55. The van der Waals surface area contributed by atoms with Gasteiger partial charge in [-0.2, -0.15) is 0 Å². The molecule has 5 aliphatic rings. The molecule has 9 heteroatoms. The minimum absolute atomic E-state index is 0.0288. The Labute approximate surface area is 168 Å². The second-order valence-electron chi connectivity index (χ2n) is 8.44. The van der Waals surface area contributed by atoms with Crippen LogP contribution in [0.1, 0.15) is 26.2 Å². The summed E-state index contributed by atoms with van der Waals surface area (Å²) in [5, 5.41) is 3.36. The number of Topliss-reactive ketones (excluding diaryl/α,β-unsaturated/α-hetero) is 2. The first-order valence-corrected chi connectivity index (χ1v) is 10.2. The van der Waals surface area contributed by atoms with Crippen LogP contribution in [0.5, 0.6) is 0 Å². The van der Waals surface area contributed by atoms with E-state index >= 15 is 0 Å². The normalized spacial score (nSPS) is 35.7. The van der Waals surface area contributed by atoms with Gasteiger partial charge in [0, 0.05) is 43.9 Å². The number of carbonyl (C=O) groups excluding carboxylic acids is 3. The number of nitrogens with two attached hydrogens (primary N) is 1. The number of amides is 1. The van der Waals surface area contributed by atoms with Crippen LogP contribution in [0.15, 0.2) is 22.5 Å². The third kappa shape index (κ3) is 2.37. The lowest BCUT2D eigenvalue weighted by molar-refractivity contribution is -0.137. The van der Waals surface area contributed by atoms with Crippen LogP contribution >= 0.6 is 0 Å². The van der Waals surface area contributed by atoms with Crippen molar-refractivity contribution in [3.05, 3.63) is 22.5 Å². The van der Waals surface area contributed by atoms with Gasteiger partial charge in [-0.1, -0.05) is 0 Å². The number of allylic oxidation sites excluding steroid dienone is 2. The van der Waals surface area contributed by atoms with E-state index in [2.05, 4.69) is 5.32 Å². The molecule has 0 radical (unpaired) electrons. The van der Waals surface area contributed by atoms with Crippen LogP contribution < -0.4 is 11.1 Å². The van der Waals surface area contributed by atoms with E-state index in [1.807, 2.05) is 9.80 Å². The lowest BCUT2D eigenvalue weighted by atomic mass is 9.82. The number of hydrogen-bond acceptors (Lipinski definition) is 8. The van der Waals surface area contributed by atoms with Gasteiger partial charge in [0.2, 0.25) is 11.6 Å². The fourth-order valence-corrected chi connectivity index (χ4v) is 5.78. The largest absolute Gasteiger partial charge is 0.449 e. The molecule has 0 spiro atoms. The summed E-state index contributed by atoms with van der Waals surface area (Å²) in [7, 11) is 1.58. The van der Waals surface area contributed by atoms with E-state index in [-0.39, 0.29) is 30.3 Å². The van der Waals surface area contributed by atoms with Crippen molar-refractivity contribution in [1.29, 1.82) is 0 Å². The van der Waals surface area contributed by atoms with Crippen molar-refractivity contribution in [2.45, 2.75) is 44.0 Å². The van der Waals surface area contributed by atoms with Crippen LogP contribution in [-0.4, -0.2) is 78.6 Å². The molecular formula is C20H26N4O5. The summed E-state index contributed by atoms with van der Waals surface area (Å²) in [6.45, 7) is 3.75. The number of methoxy groups -OCH3 is 1. The van der Waals surface area contributed by atoms with E-state index < -0.39 is 17.7 Å². The molecule has 5 rings (SSSR count). The van der Waals surface area contributed by atoms with Gasteiger partial charge in [-0.25, -0.2) is 4.79 Å². The number of piperazine rings is 1. The predicted molar refractivity (Wildman–Crippen MR) is 101 cm³/mol. The Morgan fingerprint density at radius 3 is 2.59 bits per heavy atom. The number of ether oxygens (including phenoxy) is 2. The molecule has 4 aliphatic heterocycles. The molecule has 0 aromatic rings. The Bertz CT molecular complexity index is 874. The fraction of sp³-hybridized carbons (Fsp3) is 0.650. The maximum Gasteiger partial charge on any atom is 0.404 e. The highest BCUT2D eigenvalue weighted by Crippen LogP contribution is 2.56. The third-order valence-corrected chi connectivity index (χ3v) is 7.07. The Morgan fingerprint density at radius 1 is 1.21 bits per heavy atom. The predicted octanol–water partition coefficient (Wildman–Crippen LogP) is -0.124. The number of hydrogen-bond donors (Lipinski definition) is 2. The van der Waals surface area contributed by atoms with Crippen LogP contribution in [0.4, 0.5) is 4.79 Å².